The molecule has 1 saturated heterocycles. The maximum absolute atomic E-state index is 12.8. The van der Waals surface area contributed by atoms with Crippen LogP contribution in [0.3, 0.4) is 0 Å². The lowest BCUT2D eigenvalue weighted by Gasteiger charge is -2.24. The number of benzene rings is 1. The molecule has 0 unspecified atom stereocenters. The number of pyridine rings is 1. The van der Waals surface area contributed by atoms with Crippen LogP contribution >= 0.6 is 0 Å². The second-order valence-corrected chi connectivity index (χ2v) is 6.04. The summed E-state index contributed by atoms with van der Waals surface area (Å²) in [6.07, 6.45) is 4.09. The molecule has 1 aromatic heterocycles. The van der Waals surface area contributed by atoms with Crippen molar-refractivity contribution >= 4 is 11.6 Å². The van der Waals surface area contributed by atoms with E-state index in [-0.39, 0.29) is 5.91 Å². The molecule has 5 heteroatoms. The fraction of sp³-hybridized carbons (Fsp3) is 0.368. The Hall–Kier alpha value is -2.56. The Morgan fingerprint density at radius 2 is 1.96 bits per heavy atom. The first-order valence-electron chi connectivity index (χ1n) is 8.28. The van der Waals surface area contributed by atoms with E-state index in [4.69, 9.17) is 4.74 Å². The summed E-state index contributed by atoms with van der Waals surface area (Å²) in [5.41, 5.74) is 2.88. The number of methoxy groups -OCH3 is 1. The summed E-state index contributed by atoms with van der Waals surface area (Å²) >= 11 is 0. The first kappa shape index (κ1) is 16.3. The van der Waals surface area contributed by atoms with E-state index < -0.39 is 0 Å². The monoisotopic (exact) mass is 325 g/mol. The maximum atomic E-state index is 12.8. The van der Waals surface area contributed by atoms with Crippen LogP contribution < -0.4 is 9.64 Å². The highest BCUT2D eigenvalue weighted by molar-refractivity contribution is 5.96. The Kier molecular flexibility index (Phi) is 4.99. The molecule has 24 heavy (non-hydrogen) atoms. The Morgan fingerprint density at radius 1 is 1.21 bits per heavy atom. The van der Waals surface area contributed by atoms with Crippen LogP contribution in [0.15, 0.2) is 42.6 Å². The SMILES string of the molecule is COc1ncccc1C(=O)N(C)Cc1ccccc1N1CCCC1. The van der Waals surface area contributed by atoms with Gasteiger partial charge in [-0.25, -0.2) is 4.98 Å². The van der Waals surface area contributed by atoms with Crippen LogP contribution in [0, 0.1) is 0 Å². The zero-order valence-corrected chi connectivity index (χ0v) is 14.2. The smallest absolute Gasteiger partial charge is 0.259 e. The Labute approximate surface area is 142 Å². The van der Waals surface area contributed by atoms with Crippen LogP contribution in [0.2, 0.25) is 0 Å². The molecule has 0 N–H and O–H groups in total. The summed E-state index contributed by atoms with van der Waals surface area (Å²) in [5, 5.41) is 0. The van der Waals surface area contributed by atoms with Crippen molar-refractivity contribution < 1.29 is 9.53 Å². The highest BCUT2D eigenvalue weighted by Gasteiger charge is 2.20. The molecular formula is C19H23N3O2. The minimum absolute atomic E-state index is 0.0869. The van der Waals surface area contributed by atoms with Crippen molar-refractivity contribution in [1.82, 2.24) is 9.88 Å². The number of rotatable bonds is 5. The standard InChI is InChI=1S/C19H23N3O2/c1-21(19(23)16-9-7-11-20-18(16)24-2)14-15-8-3-4-10-17(15)22-12-5-6-13-22/h3-4,7-11H,5-6,12-14H2,1-2H3. The molecule has 0 spiro atoms. The third-order valence-corrected chi connectivity index (χ3v) is 4.39. The van der Waals surface area contributed by atoms with Crippen LogP contribution in [0.5, 0.6) is 5.88 Å². The predicted octanol–water partition coefficient (Wildman–Crippen LogP) is 2.96. The molecular weight excluding hydrogens is 302 g/mol. The van der Waals surface area contributed by atoms with Crippen LogP contribution in [0.25, 0.3) is 0 Å². The Bertz CT molecular complexity index is 711. The third-order valence-electron chi connectivity index (χ3n) is 4.39. The lowest BCUT2D eigenvalue weighted by atomic mass is 10.1. The van der Waals surface area contributed by atoms with E-state index in [1.807, 2.05) is 13.1 Å². The van der Waals surface area contributed by atoms with Gasteiger partial charge in [-0.3, -0.25) is 4.79 Å². The molecule has 2 heterocycles. The third kappa shape index (κ3) is 3.35. The molecule has 0 aliphatic carbocycles. The number of hydrogen-bond donors (Lipinski definition) is 0. The zero-order chi connectivity index (χ0) is 16.9. The molecule has 1 fully saturated rings. The molecule has 1 aliphatic rings. The second-order valence-electron chi connectivity index (χ2n) is 6.04. The molecule has 0 atom stereocenters. The lowest BCUT2D eigenvalue weighted by Crippen LogP contribution is -2.28. The highest BCUT2D eigenvalue weighted by Crippen LogP contribution is 2.26. The van der Waals surface area contributed by atoms with Crippen molar-refractivity contribution in [2.45, 2.75) is 19.4 Å². The van der Waals surface area contributed by atoms with Gasteiger partial charge in [-0.1, -0.05) is 18.2 Å². The molecule has 3 rings (SSSR count). The molecule has 1 aliphatic heterocycles. The minimum atomic E-state index is -0.0869. The van der Waals surface area contributed by atoms with Gasteiger partial charge in [0, 0.05) is 38.6 Å². The number of carbonyl (C=O) groups is 1. The summed E-state index contributed by atoms with van der Waals surface area (Å²) in [4.78, 5) is 21.0. The van der Waals surface area contributed by atoms with Gasteiger partial charge in [-0.2, -0.15) is 0 Å². The van der Waals surface area contributed by atoms with Gasteiger partial charge in [0.15, 0.2) is 0 Å². The van der Waals surface area contributed by atoms with E-state index in [1.165, 1.54) is 25.6 Å². The van der Waals surface area contributed by atoms with Crippen LogP contribution in [-0.4, -0.2) is 43.0 Å². The van der Waals surface area contributed by atoms with Gasteiger partial charge in [0.05, 0.1) is 7.11 Å². The predicted molar refractivity (Wildman–Crippen MR) is 94.5 cm³/mol. The second kappa shape index (κ2) is 7.34. The van der Waals surface area contributed by atoms with E-state index in [9.17, 15) is 4.79 Å². The lowest BCUT2D eigenvalue weighted by molar-refractivity contribution is 0.0781. The van der Waals surface area contributed by atoms with Crippen molar-refractivity contribution in [3.8, 4) is 5.88 Å². The van der Waals surface area contributed by atoms with Crippen molar-refractivity contribution in [2.24, 2.45) is 0 Å². The highest BCUT2D eigenvalue weighted by atomic mass is 16.5. The van der Waals surface area contributed by atoms with Gasteiger partial charge < -0.3 is 14.5 Å². The van der Waals surface area contributed by atoms with E-state index in [0.29, 0.717) is 18.0 Å². The summed E-state index contributed by atoms with van der Waals surface area (Å²) in [7, 11) is 3.34. The maximum Gasteiger partial charge on any atom is 0.259 e. The topological polar surface area (TPSA) is 45.7 Å². The zero-order valence-electron chi connectivity index (χ0n) is 14.2. The van der Waals surface area contributed by atoms with Gasteiger partial charge in [0.1, 0.15) is 5.56 Å². The van der Waals surface area contributed by atoms with Crippen LogP contribution in [0.4, 0.5) is 5.69 Å². The van der Waals surface area contributed by atoms with E-state index in [1.54, 1.807) is 23.2 Å². The van der Waals surface area contributed by atoms with Crippen molar-refractivity contribution in [3.63, 3.8) is 0 Å². The Morgan fingerprint density at radius 3 is 2.71 bits per heavy atom. The molecule has 0 radical (unpaired) electrons. The van der Waals surface area contributed by atoms with E-state index in [2.05, 4.69) is 28.1 Å². The van der Waals surface area contributed by atoms with Gasteiger partial charge in [-0.05, 0) is 36.6 Å². The molecule has 2 aromatic rings. The van der Waals surface area contributed by atoms with Gasteiger partial charge in [0.2, 0.25) is 5.88 Å². The van der Waals surface area contributed by atoms with Crippen molar-refractivity contribution in [2.75, 3.05) is 32.1 Å². The van der Waals surface area contributed by atoms with Gasteiger partial charge in [0.25, 0.3) is 5.91 Å². The quantitative estimate of drug-likeness (QED) is 0.848. The van der Waals surface area contributed by atoms with Gasteiger partial charge >= 0.3 is 0 Å². The summed E-state index contributed by atoms with van der Waals surface area (Å²) in [5.74, 6) is 0.276. The number of ether oxygens (including phenoxy) is 1. The van der Waals surface area contributed by atoms with Crippen molar-refractivity contribution in [1.29, 1.82) is 0 Å². The largest absolute Gasteiger partial charge is 0.480 e. The van der Waals surface area contributed by atoms with Gasteiger partial charge in [-0.15, -0.1) is 0 Å². The normalized spacial score (nSPS) is 13.8. The fourth-order valence-corrected chi connectivity index (χ4v) is 3.16. The average molecular weight is 325 g/mol. The fourth-order valence-electron chi connectivity index (χ4n) is 3.16. The van der Waals surface area contributed by atoms with Crippen LogP contribution in [0.1, 0.15) is 28.8 Å². The molecule has 1 aromatic carbocycles. The number of anilines is 1. The molecule has 126 valence electrons. The first-order valence-corrected chi connectivity index (χ1v) is 8.28. The molecule has 0 bridgehead atoms. The number of carbonyl (C=O) groups excluding carboxylic acids is 1. The average Bonchev–Trinajstić information content (AvgIpc) is 3.16. The first-order chi connectivity index (χ1) is 11.7. The number of amides is 1. The summed E-state index contributed by atoms with van der Waals surface area (Å²) < 4.78 is 5.21. The minimum Gasteiger partial charge on any atom is -0.480 e. The molecule has 5 nitrogen and oxygen atoms in total. The summed E-state index contributed by atoms with van der Waals surface area (Å²) in [6, 6.07) is 11.8. The Balaban J connectivity index is 1.80. The van der Waals surface area contributed by atoms with Crippen molar-refractivity contribution in [3.05, 3.63) is 53.7 Å². The van der Waals surface area contributed by atoms with E-state index >= 15 is 0 Å². The van der Waals surface area contributed by atoms with E-state index in [0.717, 1.165) is 18.7 Å². The molecule has 1 amide bonds. The number of hydrogen-bond acceptors (Lipinski definition) is 4. The van der Waals surface area contributed by atoms with Crippen LogP contribution in [-0.2, 0) is 6.54 Å². The number of para-hydroxylation sites is 1. The number of nitrogens with zero attached hydrogens (tertiary/aromatic N) is 3. The summed E-state index contributed by atoms with van der Waals surface area (Å²) in [6.45, 7) is 2.74. The molecule has 0 saturated carbocycles. The number of aromatic nitrogens is 1.